The maximum absolute atomic E-state index is 11.4. The van der Waals surface area contributed by atoms with Crippen LogP contribution < -0.4 is 4.74 Å². The van der Waals surface area contributed by atoms with Crippen molar-refractivity contribution in [2.24, 2.45) is 0 Å². The highest BCUT2D eigenvalue weighted by atomic mass is 16.5. The molecule has 0 atom stereocenters. The third-order valence-electron chi connectivity index (χ3n) is 2.77. The highest BCUT2D eigenvalue weighted by Gasteiger charge is 2.10. The van der Waals surface area contributed by atoms with Gasteiger partial charge in [-0.2, -0.15) is 0 Å². The second-order valence-corrected chi connectivity index (χ2v) is 3.79. The second kappa shape index (κ2) is 4.37. The van der Waals surface area contributed by atoms with Gasteiger partial charge in [0.25, 0.3) is 0 Å². The van der Waals surface area contributed by atoms with Gasteiger partial charge in [-0.3, -0.25) is 9.59 Å². The molecule has 0 saturated carbocycles. The van der Waals surface area contributed by atoms with Gasteiger partial charge in [0.2, 0.25) is 0 Å². The van der Waals surface area contributed by atoms with Crippen LogP contribution in [0.25, 0.3) is 10.8 Å². The number of carbonyl (C=O) groups excluding carboxylic acids is 2. The number of benzene rings is 2. The fraction of sp³-hybridized carbons (Fsp3) is 0.143. The van der Waals surface area contributed by atoms with Crippen molar-refractivity contribution in [3.05, 3.63) is 41.5 Å². The zero-order valence-corrected chi connectivity index (χ0v) is 9.69. The van der Waals surface area contributed by atoms with Gasteiger partial charge in [0.15, 0.2) is 12.1 Å². The van der Waals surface area contributed by atoms with Crippen molar-refractivity contribution >= 4 is 22.8 Å². The van der Waals surface area contributed by atoms with Crippen LogP contribution >= 0.6 is 0 Å². The Labute approximate surface area is 99.0 Å². The van der Waals surface area contributed by atoms with Gasteiger partial charge in [0, 0.05) is 11.1 Å². The zero-order chi connectivity index (χ0) is 12.4. The van der Waals surface area contributed by atoms with Crippen molar-refractivity contribution < 1.29 is 14.3 Å². The van der Waals surface area contributed by atoms with Crippen molar-refractivity contribution in [3.8, 4) is 5.75 Å². The number of Topliss-reactive ketones (excluding diaryl/α,β-unsaturated/α-hetero) is 1. The molecule has 0 heterocycles. The lowest BCUT2D eigenvalue weighted by Crippen LogP contribution is -1.99. The first-order chi connectivity index (χ1) is 8.17. The summed E-state index contributed by atoms with van der Waals surface area (Å²) >= 11 is 0. The third-order valence-corrected chi connectivity index (χ3v) is 2.77. The van der Waals surface area contributed by atoms with Gasteiger partial charge in [-0.15, -0.1) is 0 Å². The summed E-state index contributed by atoms with van der Waals surface area (Å²) in [6.07, 6.45) is 0.728. The Bertz CT molecular complexity index is 600. The molecular weight excluding hydrogens is 216 g/mol. The first kappa shape index (κ1) is 11.3. The minimum absolute atomic E-state index is 0.107. The number of hydrogen-bond acceptors (Lipinski definition) is 3. The molecular formula is C14H12O3. The number of ketones is 1. The van der Waals surface area contributed by atoms with E-state index < -0.39 is 0 Å². The van der Waals surface area contributed by atoms with Gasteiger partial charge >= 0.3 is 0 Å². The van der Waals surface area contributed by atoms with E-state index >= 15 is 0 Å². The minimum atomic E-state index is -0.107. The van der Waals surface area contributed by atoms with Gasteiger partial charge in [-0.1, -0.05) is 12.1 Å². The highest BCUT2D eigenvalue weighted by Crippen LogP contribution is 2.25. The maximum Gasteiger partial charge on any atom is 0.160 e. The molecule has 0 amide bonds. The van der Waals surface area contributed by atoms with Crippen LogP contribution in [0, 0.1) is 0 Å². The largest absolute Gasteiger partial charge is 0.497 e. The normalized spacial score (nSPS) is 10.2. The molecule has 3 nitrogen and oxygen atoms in total. The molecule has 0 N–H and O–H groups in total. The number of rotatable bonds is 3. The number of hydrogen-bond donors (Lipinski definition) is 0. The summed E-state index contributed by atoms with van der Waals surface area (Å²) in [6, 6.07) is 8.91. The molecule has 2 aromatic carbocycles. The van der Waals surface area contributed by atoms with E-state index in [1.54, 1.807) is 25.3 Å². The first-order valence-electron chi connectivity index (χ1n) is 5.24. The lowest BCUT2D eigenvalue weighted by Gasteiger charge is -2.07. The first-order valence-corrected chi connectivity index (χ1v) is 5.24. The molecule has 0 aliphatic rings. The molecule has 86 valence electrons. The molecule has 3 heteroatoms. The van der Waals surface area contributed by atoms with Crippen molar-refractivity contribution in [1.82, 2.24) is 0 Å². The van der Waals surface area contributed by atoms with Crippen LogP contribution in [-0.2, 0) is 0 Å². The van der Waals surface area contributed by atoms with Gasteiger partial charge in [0.1, 0.15) is 5.75 Å². The second-order valence-electron chi connectivity index (χ2n) is 3.79. The number of carbonyl (C=O) groups is 2. The quantitative estimate of drug-likeness (QED) is 0.599. The fourth-order valence-electron chi connectivity index (χ4n) is 1.89. The smallest absolute Gasteiger partial charge is 0.160 e. The molecule has 0 spiro atoms. The molecule has 2 aromatic rings. The highest BCUT2D eigenvalue weighted by molar-refractivity contribution is 6.10. The zero-order valence-electron chi connectivity index (χ0n) is 9.69. The van der Waals surface area contributed by atoms with E-state index in [0.717, 1.165) is 22.8 Å². The molecule has 0 saturated heterocycles. The van der Waals surface area contributed by atoms with Crippen LogP contribution in [0.15, 0.2) is 30.3 Å². The van der Waals surface area contributed by atoms with E-state index in [2.05, 4.69) is 0 Å². The maximum atomic E-state index is 11.4. The lowest BCUT2D eigenvalue weighted by atomic mass is 9.97. The number of aldehydes is 1. The molecule has 0 aliphatic heterocycles. The number of ether oxygens (including phenoxy) is 1. The van der Waals surface area contributed by atoms with Gasteiger partial charge < -0.3 is 4.74 Å². The van der Waals surface area contributed by atoms with Crippen molar-refractivity contribution in [1.29, 1.82) is 0 Å². The van der Waals surface area contributed by atoms with Gasteiger partial charge in [-0.25, -0.2) is 0 Å². The lowest BCUT2D eigenvalue weighted by molar-refractivity contribution is 0.101. The van der Waals surface area contributed by atoms with Crippen LogP contribution in [0.3, 0.4) is 0 Å². The molecule has 0 aliphatic carbocycles. The van der Waals surface area contributed by atoms with E-state index in [9.17, 15) is 9.59 Å². The molecule has 2 rings (SSSR count). The summed E-state index contributed by atoms with van der Waals surface area (Å²) in [4.78, 5) is 22.5. The Morgan fingerprint density at radius 3 is 2.59 bits per heavy atom. The van der Waals surface area contributed by atoms with Crippen LogP contribution in [0.1, 0.15) is 27.6 Å². The van der Waals surface area contributed by atoms with E-state index in [4.69, 9.17) is 4.74 Å². The predicted molar refractivity (Wildman–Crippen MR) is 65.9 cm³/mol. The van der Waals surface area contributed by atoms with E-state index in [0.29, 0.717) is 11.1 Å². The molecule has 0 radical (unpaired) electrons. The number of methoxy groups -OCH3 is 1. The summed E-state index contributed by atoms with van der Waals surface area (Å²) < 4.78 is 5.12. The van der Waals surface area contributed by atoms with Crippen molar-refractivity contribution in [2.45, 2.75) is 6.92 Å². The van der Waals surface area contributed by atoms with Crippen LogP contribution in [-0.4, -0.2) is 19.2 Å². The minimum Gasteiger partial charge on any atom is -0.497 e. The monoisotopic (exact) mass is 228 g/mol. The molecule has 0 bridgehead atoms. The Morgan fingerprint density at radius 2 is 2.00 bits per heavy atom. The fourth-order valence-corrected chi connectivity index (χ4v) is 1.89. The topological polar surface area (TPSA) is 43.4 Å². The average molecular weight is 228 g/mol. The van der Waals surface area contributed by atoms with Gasteiger partial charge in [0.05, 0.1) is 7.11 Å². The number of fused-ring (bicyclic) bond motifs is 1. The van der Waals surface area contributed by atoms with E-state index in [1.807, 2.05) is 12.1 Å². The molecule has 17 heavy (non-hydrogen) atoms. The molecule has 0 unspecified atom stereocenters. The predicted octanol–water partition coefficient (Wildman–Crippen LogP) is 2.86. The molecule has 0 fully saturated rings. The van der Waals surface area contributed by atoms with Crippen molar-refractivity contribution in [3.63, 3.8) is 0 Å². The summed E-state index contributed by atoms with van der Waals surface area (Å²) in [5.74, 6) is 0.620. The molecule has 0 aromatic heterocycles. The van der Waals surface area contributed by atoms with Crippen LogP contribution in [0.2, 0.25) is 0 Å². The van der Waals surface area contributed by atoms with Gasteiger partial charge in [-0.05, 0) is 35.9 Å². The summed E-state index contributed by atoms with van der Waals surface area (Å²) in [6.45, 7) is 1.46. The standard InChI is InChI=1S/C14H12O3/c1-9(16)12-5-3-10-7-11(17-2)4-6-13(10)14(12)8-15/h3-8H,1-2H3. The average Bonchev–Trinajstić information content (AvgIpc) is 2.36. The summed E-state index contributed by atoms with van der Waals surface area (Å²) in [5.41, 5.74) is 0.898. The third kappa shape index (κ3) is 1.91. The van der Waals surface area contributed by atoms with E-state index in [-0.39, 0.29) is 5.78 Å². The Balaban J connectivity index is 2.78. The summed E-state index contributed by atoms with van der Waals surface area (Å²) in [5, 5.41) is 1.66. The Hall–Kier alpha value is -2.16. The van der Waals surface area contributed by atoms with Crippen LogP contribution in [0.4, 0.5) is 0 Å². The summed E-state index contributed by atoms with van der Waals surface area (Å²) in [7, 11) is 1.59. The van der Waals surface area contributed by atoms with Crippen molar-refractivity contribution in [2.75, 3.05) is 7.11 Å². The van der Waals surface area contributed by atoms with E-state index in [1.165, 1.54) is 6.92 Å². The Kier molecular flexibility index (Phi) is 2.91. The van der Waals surface area contributed by atoms with Crippen LogP contribution in [0.5, 0.6) is 5.75 Å². The SMILES string of the molecule is COc1ccc2c(C=O)c(C(C)=O)ccc2c1. The Morgan fingerprint density at radius 1 is 1.24 bits per heavy atom.